The van der Waals surface area contributed by atoms with Crippen molar-refractivity contribution in [2.45, 2.75) is 24.3 Å². The average molecular weight is 416 g/mol. The molecule has 0 saturated carbocycles. The van der Waals surface area contributed by atoms with Crippen molar-refractivity contribution in [3.05, 3.63) is 53.1 Å². The van der Waals surface area contributed by atoms with Crippen LogP contribution in [0.25, 0.3) is 0 Å². The van der Waals surface area contributed by atoms with Crippen LogP contribution in [0, 0.1) is 11.3 Å². The molecule has 0 amide bonds. The molecule has 0 saturated heterocycles. The summed E-state index contributed by atoms with van der Waals surface area (Å²) >= 11 is 0. The van der Waals surface area contributed by atoms with E-state index in [1.165, 1.54) is 23.3 Å². The van der Waals surface area contributed by atoms with Gasteiger partial charge in [0.1, 0.15) is 0 Å². The average Bonchev–Trinajstić information content (AvgIpc) is 2.75. The highest BCUT2D eigenvalue weighted by atomic mass is 32.2. The van der Waals surface area contributed by atoms with Gasteiger partial charge < -0.3 is 9.47 Å². The molecule has 154 valence electrons. The number of nitrogens with one attached hydrogen (secondary N) is 1. The molecule has 0 radical (unpaired) electrons. The lowest BCUT2D eigenvalue weighted by Crippen LogP contribution is -2.33. The van der Waals surface area contributed by atoms with Crippen LogP contribution >= 0.6 is 0 Å². The Morgan fingerprint density at radius 2 is 1.86 bits per heavy atom. The molecule has 2 aromatic carbocycles. The third-order valence-electron chi connectivity index (χ3n) is 5.01. The minimum absolute atomic E-state index is 0.115. The van der Waals surface area contributed by atoms with Gasteiger partial charge >= 0.3 is 0 Å². The van der Waals surface area contributed by atoms with Crippen molar-refractivity contribution < 1.29 is 17.9 Å². The van der Waals surface area contributed by atoms with Gasteiger partial charge in [-0.2, -0.15) is 5.26 Å². The monoisotopic (exact) mass is 415 g/mol. The molecule has 0 fully saturated rings. The molecule has 2 aromatic rings. The zero-order valence-electron chi connectivity index (χ0n) is 16.6. The van der Waals surface area contributed by atoms with Crippen molar-refractivity contribution >= 4 is 10.0 Å². The minimum Gasteiger partial charge on any atom is -0.493 e. The normalized spacial score (nSPS) is 14.1. The Labute approximate surface area is 171 Å². The van der Waals surface area contributed by atoms with Crippen molar-refractivity contribution in [2.75, 3.05) is 33.9 Å². The van der Waals surface area contributed by atoms with Crippen LogP contribution in [0.1, 0.15) is 23.1 Å². The SMILES string of the molecule is COc1cc2c(cc1OC)CN(CCCNS(=O)(=O)c1cccc(C#N)c1)CC2. The Kier molecular flexibility index (Phi) is 6.75. The molecular formula is C21H25N3O4S. The second-order valence-corrected chi connectivity index (χ2v) is 8.66. The highest BCUT2D eigenvalue weighted by Crippen LogP contribution is 2.33. The molecule has 3 rings (SSSR count). The molecular weight excluding hydrogens is 390 g/mol. The molecule has 0 unspecified atom stereocenters. The van der Waals surface area contributed by atoms with E-state index >= 15 is 0 Å². The third kappa shape index (κ3) is 5.07. The van der Waals surface area contributed by atoms with Gasteiger partial charge in [0.25, 0.3) is 0 Å². The van der Waals surface area contributed by atoms with Crippen LogP contribution in [-0.2, 0) is 23.0 Å². The van der Waals surface area contributed by atoms with E-state index in [2.05, 4.69) is 9.62 Å². The topological polar surface area (TPSA) is 91.7 Å². The first kappa shape index (κ1) is 21.1. The van der Waals surface area contributed by atoms with Crippen molar-refractivity contribution in [3.8, 4) is 17.6 Å². The molecule has 29 heavy (non-hydrogen) atoms. The fourth-order valence-corrected chi connectivity index (χ4v) is 4.58. The van der Waals surface area contributed by atoms with Crippen LogP contribution in [0.5, 0.6) is 11.5 Å². The Morgan fingerprint density at radius 1 is 1.14 bits per heavy atom. The summed E-state index contributed by atoms with van der Waals surface area (Å²) in [5.41, 5.74) is 2.80. The number of benzene rings is 2. The zero-order chi connectivity index (χ0) is 20.9. The fraction of sp³-hybridized carbons (Fsp3) is 0.381. The summed E-state index contributed by atoms with van der Waals surface area (Å²) in [6, 6.07) is 12.0. The molecule has 0 aromatic heterocycles. The number of hydrogen-bond donors (Lipinski definition) is 1. The van der Waals surface area contributed by atoms with Crippen LogP contribution in [0.4, 0.5) is 0 Å². The minimum atomic E-state index is -3.61. The first-order chi connectivity index (χ1) is 14.0. The molecule has 1 aliphatic heterocycles. The van der Waals surface area contributed by atoms with Crippen LogP contribution in [0.15, 0.2) is 41.3 Å². The number of sulfonamides is 1. The summed E-state index contributed by atoms with van der Waals surface area (Å²) in [7, 11) is -0.347. The molecule has 1 N–H and O–H groups in total. The highest BCUT2D eigenvalue weighted by molar-refractivity contribution is 7.89. The molecule has 7 nitrogen and oxygen atoms in total. The molecule has 0 aliphatic carbocycles. The Morgan fingerprint density at radius 3 is 2.55 bits per heavy atom. The number of hydrogen-bond acceptors (Lipinski definition) is 6. The fourth-order valence-electron chi connectivity index (χ4n) is 3.46. The van der Waals surface area contributed by atoms with Crippen molar-refractivity contribution in [2.24, 2.45) is 0 Å². The summed E-state index contributed by atoms with van der Waals surface area (Å²) in [5, 5.41) is 8.93. The van der Waals surface area contributed by atoms with Gasteiger partial charge in [0.05, 0.1) is 30.7 Å². The van der Waals surface area contributed by atoms with Crippen molar-refractivity contribution in [1.29, 1.82) is 5.26 Å². The molecule has 1 aliphatic rings. The lowest BCUT2D eigenvalue weighted by molar-refractivity contribution is 0.250. The quantitative estimate of drug-likeness (QED) is 0.665. The van der Waals surface area contributed by atoms with Gasteiger partial charge in [-0.25, -0.2) is 13.1 Å². The van der Waals surface area contributed by atoms with Gasteiger partial charge in [0.15, 0.2) is 11.5 Å². The molecule has 0 spiro atoms. The first-order valence-electron chi connectivity index (χ1n) is 9.43. The maximum atomic E-state index is 12.4. The first-order valence-corrected chi connectivity index (χ1v) is 10.9. The largest absolute Gasteiger partial charge is 0.493 e. The van der Waals surface area contributed by atoms with Crippen molar-refractivity contribution in [3.63, 3.8) is 0 Å². The second kappa shape index (κ2) is 9.27. The number of methoxy groups -OCH3 is 2. The molecule has 8 heteroatoms. The molecule has 1 heterocycles. The maximum Gasteiger partial charge on any atom is 0.240 e. The van der Waals surface area contributed by atoms with E-state index in [9.17, 15) is 8.42 Å². The number of fused-ring (bicyclic) bond motifs is 1. The van der Waals surface area contributed by atoms with Gasteiger partial charge in [0, 0.05) is 19.6 Å². The summed E-state index contributed by atoms with van der Waals surface area (Å²) < 4.78 is 38.2. The molecule has 0 atom stereocenters. The van der Waals surface area contributed by atoms with E-state index < -0.39 is 10.0 Å². The predicted octanol–water partition coefficient (Wildman–Crippen LogP) is 2.30. The van der Waals surface area contributed by atoms with Crippen LogP contribution in [0.2, 0.25) is 0 Å². The van der Waals surface area contributed by atoms with Gasteiger partial charge in [-0.15, -0.1) is 0 Å². The van der Waals surface area contributed by atoms with Gasteiger partial charge in [-0.3, -0.25) is 4.90 Å². The van der Waals surface area contributed by atoms with Gasteiger partial charge in [-0.05, 0) is 60.8 Å². The summed E-state index contributed by atoms with van der Waals surface area (Å²) in [4.78, 5) is 2.42. The van der Waals surface area contributed by atoms with E-state index in [0.717, 1.165) is 37.6 Å². The maximum absolute atomic E-state index is 12.4. The summed E-state index contributed by atoms with van der Waals surface area (Å²) in [6.45, 7) is 2.84. The van der Waals surface area contributed by atoms with Crippen LogP contribution in [-0.4, -0.2) is 47.2 Å². The highest BCUT2D eigenvalue weighted by Gasteiger charge is 2.20. The zero-order valence-corrected chi connectivity index (χ0v) is 17.5. The lowest BCUT2D eigenvalue weighted by Gasteiger charge is -2.29. The van der Waals surface area contributed by atoms with Gasteiger partial charge in [0.2, 0.25) is 10.0 Å². The lowest BCUT2D eigenvalue weighted by atomic mass is 9.98. The van der Waals surface area contributed by atoms with Crippen LogP contribution in [0.3, 0.4) is 0 Å². The molecule has 0 bridgehead atoms. The number of rotatable bonds is 8. The summed E-state index contributed by atoms with van der Waals surface area (Å²) in [6.07, 6.45) is 1.61. The standard InChI is InChI=1S/C21H25N3O4S/c1-27-20-12-17-7-10-24(15-18(17)13-21(20)28-2)9-4-8-23-29(25,26)19-6-3-5-16(11-19)14-22/h3,5-6,11-13,23H,4,7-10,15H2,1-2H3. The Balaban J connectivity index is 1.53. The predicted molar refractivity (Wildman–Crippen MR) is 109 cm³/mol. The van der Waals surface area contributed by atoms with E-state index in [1.807, 2.05) is 18.2 Å². The second-order valence-electron chi connectivity index (χ2n) is 6.89. The van der Waals surface area contributed by atoms with Crippen LogP contribution < -0.4 is 14.2 Å². The smallest absolute Gasteiger partial charge is 0.240 e. The number of nitriles is 1. The van der Waals surface area contributed by atoms with Gasteiger partial charge in [-0.1, -0.05) is 6.07 Å². The van der Waals surface area contributed by atoms with E-state index in [-0.39, 0.29) is 4.90 Å². The number of ether oxygens (including phenoxy) is 2. The van der Waals surface area contributed by atoms with E-state index in [1.54, 1.807) is 26.4 Å². The summed E-state index contributed by atoms with van der Waals surface area (Å²) in [5.74, 6) is 1.47. The Bertz CT molecular complexity index is 1020. The number of nitrogens with zero attached hydrogens (tertiary/aromatic N) is 2. The van der Waals surface area contributed by atoms with E-state index in [0.29, 0.717) is 18.5 Å². The van der Waals surface area contributed by atoms with Crippen molar-refractivity contribution in [1.82, 2.24) is 9.62 Å². The third-order valence-corrected chi connectivity index (χ3v) is 6.47. The Hall–Kier alpha value is -2.60. The van der Waals surface area contributed by atoms with E-state index in [4.69, 9.17) is 14.7 Å².